The van der Waals surface area contributed by atoms with Crippen LogP contribution >= 0.6 is 0 Å². The van der Waals surface area contributed by atoms with Gasteiger partial charge in [0.2, 0.25) is 16.0 Å². The van der Waals surface area contributed by atoms with Crippen LogP contribution in [0.1, 0.15) is 29.8 Å². The van der Waals surface area contributed by atoms with Gasteiger partial charge in [0.25, 0.3) is 0 Å². The monoisotopic (exact) mass is 377 g/mol. The van der Waals surface area contributed by atoms with Gasteiger partial charge in [-0.2, -0.15) is 15.0 Å². The van der Waals surface area contributed by atoms with Crippen LogP contribution in [0.25, 0.3) is 0 Å². The summed E-state index contributed by atoms with van der Waals surface area (Å²) < 4.78 is 32.4. The highest BCUT2D eigenvalue weighted by Gasteiger charge is 2.19. The summed E-state index contributed by atoms with van der Waals surface area (Å²) in [5.74, 6) is 0.782. The summed E-state index contributed by atoms with van der Waals surface area (Å²) in [5.41, 5.74) is 1.76. The summed E-state index contributed by atoms with van der Waals surface area (Å²) in [4.78, 5) is 14.8. The summed E-state index contributed by atoms with van der Waals surface area (Å²) in [6.07, 6.45) is 2.18. The summed E-state index contributed by atoms with van der Waals surface area (Å²) in [5, 5.41) is 0. The van der Waals surface area contributed by atoms with Crippen molar-refractivity contribution in [1.29, 1.82) is 0 Å². The Morgan fingerprint density at radius 3 is 2.65 bits per heavy atom. The lowest BCUT2D eigenvalue weighted by Crippen LogP contribution is -2.27. The number of nitrogens with one attached hydrogen (secondary N) is 1. The van der Waals surface area contributed by atoms with E-state index in [0.717, 1.165) is 37.1 Å². The van der Waals surface area contributed by atoms with Gasteiger partial charge in [-0.1, -0.05) is 29.8 Å². The van der Waals surface area contributed by atoms with E-state index in [-0.39, 0.29) is 18.3 Å². The van der Waals surface area contributed by atoms with Crippen LogP contribution in [0, 0.1) is 6.92 Å². The summed E-state index contributed by atoms with van der Waals surface area (Å²) in [7, 11) is -2.02. The Kier molecular flexibility index (Phi) is 5.67. The second-order valence-corrected chi connectivity index (χ2v) is 8.11. The Balaban J connectivity index is 1.70. The van der Waals surface area contributed by atoms with Crippen LogP contribution in [-0.4, -0.2) is 43.6 Å². The van der Waals surface area contributed by atoms with Crippen molar-refractivity contribution in [1.82, 2.24) is 19.7 Å². The van der Waals surface area contributed by atoms with Gasteiger partial charge >= 0.3 is 6.01 Å². The number of ether oxygens (including phenoxy) is 1. The number of anilines is 1. The molecule has 140 valence electrons. The minimum atomic E-state index is -3.51. The molecule has 1 aromatic heterocycles. The quantitative estimate of drug-likeness (QED) is 0.779. The number of sulfonamides is 1. The first kappa shape index (κ1) is 18.5. The van der Waals surface area contributed by atoms with E-state index in [1.54, 1.807) is 6.07 Å². The summed E-state index contributed by atoms with van der Waals surface area (Å²) in [6, 6.07) is 7.62. The highest BCUT2D eigenvalue weighted by atomic mass is 32.2. The zero-order valence-corrected chi connectivity index (χ0v) is 15.8. The molecule has 1 saturated heterocycles. The van der Waals surface area contributed by atoms with Crippen molar-refractivity contribution in [3.8, 4) is 6.01 Å². The highest BCUT2D eigenvalue weighted by Crippen LogP contribution is 2.18. The molecule has 2 aromatic rings. The average Bonchev–Trinajstić information content (AvgIpc) is 3.14. The van der Waals surface area contributed by atoms with E-state index in [4.69, 9.17) is 4.74 Å². The molecule has 1 fully saturated rings. The Labute approximate surface area is 153 Å². The molecule has 0 radical (unpaired) electrons. The molecule has 8 nitrogen and oxygen atoms in total. The molecule has 0 aliphatic carbocycles. The van der Waals surface area contributed by atoms with Crippen LogP contribution in [0.4, 0.5) is 5.95 Å². The van der Waals surface area contributed by atoms with Gasteiger partial charge in [-0.05, 0) is 25.3 Å². The standard InChI is InChI=1S/C17H23N5O3S/c1-13-6-5-7-14(10-13)12-26(23,24)18-11-15-19-16(21-17(20-15)25-2)22-8-3-4-9-22/h5-7,10,18H,3-4,8-9,11-12H2,1-2H3. The van der Waals surface area contributed by atoms with Crippen LogP contribution in [0.2, 0.25) is 0 Å². The summed E-state index contributed by atoms with van der Waals surface area (Å²) in [6.45, 7) is 3.69. The first-order chi connectivity index (χ1) is 12.4. The van der Waals surface area contributed by atoms with Crippen LogP contribution in [-0.2, 0) is 22.3 Å². The molecule has 0 atom stereocenters. The molecular formula is C17H23N5O3S. The third-order valence-corrected chi connectivity index (χ3v) is 5.41. The highest BCUT2D eigenvalue weighted by molar-refractivity contribution is 7.88. The smallest absolute Gasteiger partial charge is 0.321 e. The maximum Gasteiger partial charge on any atom is 0.321 e. The fraction of sp³-hybridized carbons (Fsp3) is 0.471. The predicted molar refractivity (Wildman–Crippen MR) is 98.5 cm³/mol. The van der Waals surface area contributed by atoms with E-state index in [2.05, 4.69) is 24.6 Å². The number of aromatic nitrogens is 3. The second-order valence-electron chi connectivity index (χ2n) is 6.30. The molecule has 1 N–H and O–H groups in total. The van der Waals surface area contributed by atoms with Crippen LogP contribution in [0.15, 0.2) is 24.3 Å². The lowest BCUT2D eigenvalue weighted by molar-refractivity contribution is 0.375. The first-order valence-corrected chi connectivity index (χ1v) is 10.2. The molecule has 3 rings (SSSR count). The minimum Gasteiger partial charge on any atom is -0.467 e. The molecule has 26 heavy (non-hydrogen) atoms. The third-order valence-electron chi connectivity index (χ3n) is 4.11. The normalized spacial score (nSPS) is 14.6. The second kappa shape index (κ2) is 7.96. The maximum atomic E-state index is 12.4. The number of hydrogen-bond donors (Lipinski definition) is 1. The zero-order chi connectivity index (χ0) is 18.6. The van der Waals surface area contributed by atoms with Gasteiger partial charge in [0.15, 0.2) is 5.82 Å². The van der Waals surface area contributed by atoms with E-state index >= 15 is 0 Å². The number of benzene rings is 1. The lowest BCUT2D eigenvalue weighted by atomic mass is 10.2. The van der Waals surface area contributed by atoms with Gasteiger partial charge in [-0.25, -0.2) is 13.1 Å². The van der Waals surface area contributed by atoms with Gasteiger partial charge in [0.1, 0.15) is 0 Å². The number of aryl methyl sites for hydroxylation is 1. The largest absolute Gasteiger partial charge is 0.467 e. The molecule has 1 aliphatic rings. The Morgan fingerprint density at radius 1 is 1.19 bits per heavy atom. The molecule has 1 aliphatic heterocycles. The van der Waals surface area contributed by atoms with Crippen LogP contribution in [0.3, 0.4) is 0 Å². The van der Waals surface area contributed by atoms with E-state index in [1.165, 1.54) is 7.11 Å². The van der Waals surface area contributed by atoms with Crippen molar-refractivity contribution in [2.45, 2.75) is 32.1 Å². The van der Waals surface area contributed by atoms with Crippen molar-refractivity contribution in [3.05, 3.63) is 41.2 Å². The molecule has 0 unspecified atom stereocenters. The number of nitrogens with zero attached hydrogens (tertiary/aromatic N) is 4. The number of hydrogen-bond acceptors (Lipinski definition) is 7. The molecular weight excluding hydrogens is 354 g/mol. The zero-order valence-electron chi connectivity index (χ0n) is 15.0. The van der Waals surface area contributed by atoms with Crippen molar-refractivity contribution < 1.29 is 13.2 Å². The molecule has 9 heteroatoms. The van der Waals surface area contributed by atoms with E-state index in [0.29, 0.717) is 11.8 Å². The predicted octanol–water partition coefficient (Wildman–Crippen LogP) is 1.41. The van der Waals surface area contributed by atoms with Crippen LogP contribution < -0.4 is 14.4 Å². The van der Waals surface area contributed by atoms with Crippen molar-refractivity contribution in [2.24, 2.45) is 0 Å². The maximum absolute atomic E-state index is 12.4. The fourth-order valence-corrected chi connectivity index (χ4v) is 3.93. The Bertz CT molecular complexity index is 866. The average molecular weight is 377 g/mol. The molecule has 0 bridgehead atoms. The molecule has 0 amide bonds. The minimum absolute atomic E-state index is 0.00608. The molecule has 2 heterocycles. The molecule has 1 aromatic carbocycles. The Hall–Kier alpha value is -2.26. The molecule has 0 spiro atoms. The van der Waals surface area contributed by atoms with Gasteiger partial charge in [0, 0.05) is 13.1 Å². The van der Waals surface area contributed by atoms with Gasteiger partial charge in [-0.15, -0.1) is 0 Å². The van der Waals surface area contributed by atoms with E-state index in [9.17, 15) is 8.42 Å². The number of rotatable bonds is 7. The van der Waals surface area contributed by atoms with E-state index in [1.807, 2.05) is 25.1 Å². The van der Waals surface area contributed by atoms with Crippen LogP contribution in [0.5, 0.6) is 6.01 Å². The van der Waals surface area contributed by atoms with Crippen molar-refractivity contribution in [2.75, 3.05) is 25.1 Å². The topological polar surface area (TPSA) is 97.3 Å². The van der Waals surface area contributed by atoms with Gasteiger partial charge in [0.05, 0.1) is 19.4 Å². The fourth-order valence-electron chi connectivity index (χ4n) is 2.86. The third kappa shape index (κ3) is 4.89. The SMILES string of the molecule is COc1nc(CNS(=O)(=O)Cc2cccc(C)c2)nc(N2CCCC2)n1. The summed E-state index contributed by atoms with van der Waals surface area (Å²) >= 11 is 0. The van der Waals surface area contributed by atoms with Crippen molar-refractivity contribution >= 4 is 16.0 Å². The molecule has 0 saturated carbocycles. The van der Waals surface area contributed by atoms with Crippen molar-refractivity contribution in [3.63, 3.8) is 0 Å². The lowest BCUT2D eigenvalue weighted by Gasteiger charge is -2.16. The van der Waals surface area contributed by atoms with Gasteiger partial charge in [-0.3, -0.25) is 0 Å². The Morgan fingerprint density at radius 2 is 1.96 bits per heavy atom. The van der Waals surface area contributed by atoms with E-state index < -0.39 is 10.0 Å². The number of methoxy groups -OCH3 is 1. The van der Waals surface area contributed by atoms with Gasteiger partial charge < -0.3 is 9.64 Å². The first-order valence-electron chi connectivity index (χ1n) is 8.52.